The molecule has 5 heteroatoms. The first kappa shape index (κ1) is 12.2. The number of pyridine rings is 2. The highest BCUT2D eigenvalue weighted by atomic mass is 16.5. The smallest absolute Gasteiger partial charge is 0.174 e. The molecule has 0 saturated heterocycles. The molecule has 2 aromatic heterocycles. The molecule has 0 amide bonds. The summed E-state index contributed by atoms with van der Waals surface area (Å²) < 4.78 is 5.49. The van der Waals surface area contributed by atoms with Gasteiger partial charge in [-0.25, -0.2) is 9.97 Å². The van der Waals surface area contributed by atoms with Crippen molar-refractivity contribution in [3.05, 3.63) is 36.2 Å². The number of nitrogens with two attached hydrogens (primary N) is 1. The molecule has 94 valence electrons. The average Bonchev–Trinajstić information content (AvgIpc) is 2.33. The Morgan fingerprint density at radius 3 is 2.94 bits per heavy atom. The van der Waals surface area contributed by atoms with Gasteiger partial charge in [0.1, 0.15) is 5.82 Å². The number of aryl methyl sites for hydroxylation is 1. The van der Waals surface area contributed by atoms with Gasteiger partial charge in [-0.15, -0.1) is 0 Å². The van der Waals surface area contributed by atoms with E-state index in [-0.39, 0.29) is 0 Å². The fourth-order valence-corrected chi connectivity index (χ4v) is 1.55. The van der Waals surface area contributed by atoms with E-state index in [1.165, 1.54) is 0 Å². The molecule has 3 N–H and O–H groups in total. The van der Waals surface area contributed by atoms with Gasteiger partial charge in [-0.2, -0.15) is 0 Å². The molecule has 18 heavy (non-hydrogen) atoms. The highest BCUT2D eigenvalue weighted by Gasteiger charge is 2.06. The van der Waals surface area contributed by atoms with Crippen LogP contribution in [0.15, 0.2) is 30.5 Å². The quantitative estimate of drug-likeness (QED) is 0.864. The van der Waals surface area contributed by atoms with Crippen molar-refractivity contribution in [1.82, 2.24) is 9.97 Å². The fraction of sp³-hybridized carbons (Fsp3) is 0.231. The van der Waals surface area contributed by atoms with E-state index in [1.54, 1.807) is 12.3 Å². The number of hydrogen-bond acceptors (Lipinski definition) is 5. The standard InChI is InChI=1S/C13H16N4O/c1-3-18-11-7-10(14)8-15-13(11)17-12-6-4-5-9(2)16-12/h4-8H,3,14H2,1-2H3,(H,15,16,17). The van der Waals surface area contributed by atoms with Crippen LogP contribution in [-0.4, -0.2) is 16.6 Å². The Morgan fingerprint density at radius 2 is 2.22 bits per heavy atom. The molecule has 0 aromatic carbocycles. The van der Waals surface area contributed by atoms with Crippen molar-refractivity contribution in [1.29, 1.82) is 0 Å². The van der Waals surface area contributed by atoms with Crippen LogP contribution < -0.4 is 15.8 Å². The molecule has 0 aliphatic rings. The van der Waals surface area contributed by atoms with Crippen molar-refractivity contribution in [2.24, 2.45) is 0 Å². The van der Waals surface area contributed by atoms with Crippen molar-refractivity contribution in [2.45, 2.75) is 13.8 Å². The number of nitrogens with one attached hydrogen (secondary N) is 1. The molecule has 0 fully saturated rings. The van der Waals surface area contributed by atoms with Gasteiger partial charge in [0.2, 0.25) is 0 Å². The Kier molecular flexibility index (Phi) is 3.62. The first-order valence-electron chi connectivity index (χ1n) is 5.78. The third-order valence-corrected chi connectivity index (χ3v) is 2.31. The second-order valence-electron chi connectivity index (χ2n) is 3.84. The lowest BCUT2D eigenvalue weighted by molar-refractivity contribution is 0.341. The maximum Gasteiger partial charge on any atom is 0.174 e. The van der Waals surface area contributed by atoms with Gasteiger partial charge in [-0.05, 0) is 26.0 Å². The summed E-state index contributed by atoms with van der Waals surface area (Å²) in [5.41, 5.74) is 7.20. The summed E-state index contributed by atoms with van der Waals surface area (Å²) >= 11 is 0. The average molecular weight is 244 g/mol. The molecule has 5 nitrogen and oxygen atoms in total. The number of nitrogens with zero attached hydrogens (tertiary/aromatic N) is 2. The highest BCUT2D eigenvalue weighted by Crippen LogP contribution is 2.26. The second kappa shape index (κ2) is 5.35. The van der Waals surface area contributed by atoms with Crippen LogP contribution >= 0.6 is 0 Å². The minimum Gasteiger partial charge on any atom is -0.490 e. The van der Waals surface area contributed by atoms with E-state index in [2.05, 4.69) is 15.3 Å². The van der Waals surface area contributed by atoms with Gasteiger partial charge in [0, 0.05) is 11.8 Å². The zero-order valence-corrected chi connectivity index (χ0v) is 10.5. The Balaban J connectivity index is 2.28. The lowest BCUT2D eigenvalue weighted by Gasteiger charge is -2.11. The molecule has 2 heterocycles. The summed E-state index contributed by atoms with van der Waals surface area (Å²) in [4.78, 5) is 8.57. The third-order valence-electron chi connectivity index (χ3n) is 2.31. The molecule has 0 atom stereocenters. The Morgan fingerprint density at radius 1 is 1.39 bits per heavy atom. The number of anilines is 3. The van der Waals surface area contributed by atoms with Crippen molar-refractivity contribution < 1.29 is 4.74 Å². The van der Waals surface area contributed by atoms with Crippen LogP contribution in [0.1, 0.15) is 12.6 Å². The number of aromatic nitrogens is 2. The summed E-state index contributed by atoms with van der Waals surface area (Å²) in [5, 5.41) is 3.12. The molecule has 2 aromatic rings. The van der Waals surface area contributed by atoms with Crippen molar-refractivity contribution in [2.75, 3.05) is 17.7 Å². The minimum atomic E-state index is 0.557. The lowest BCUT2D eigenvalue weighted by atomic mass is 10.3. The monoisotopic (exact) mass is 244 g/mol. The molecule has 0 aliphatic heterocycles. The van der Waals surface area contributed by atoms with Gasteiger partial charge in [-0.1, -0.05) is 6.07 Å². The summed E-state index contributed by atoms with van der Waals surface area (Å²) in [7, 11) is 0. The van der Waals surface area contributed by atoms with Crippen LogP contribution in [-0.2, 0) is 0 Å². The molecular formula is C13H16N4O. The highest BCUT2D eigenvalue weighted by molar-refractivity contribution is 5.62. The molecular weight excluding hydrogens is 228 g/mol. The molecule has 0 aliphatic carbocycles. The molecule has 2 rings (SSSR count). The normalized spacial score (nSPS) is 10.1. The van der Waals surface area contributed by atoms with E-state index in [1.807, 2.05) is 32.0 Å². The number of hydrogen-bond donors (Lipinski definition) is 2. The van der Waals surface area contributed by atoms with Crippen LogP contribution in [0.25, 0.3) is 0 Å². The number of nitrogen functional groups attached to an aromatic ring is 1. The first-order valence-corrected chi connectivity index (χ1v) is 5.78. The Bertz CT molecular complexity index is 542. The van der Waals surface area contributed by atoms with E-state index >= 15 is 0 Å². The summed E-state index contributed by atoms with van der Waals surface area (Å²) in [6.07, 6.45) is 1.58. The summed E-state index contributed by atoms with van der Waals surface area (Å²) in [6, 6.07) is 7.49. The summed E-state index contributed by atoms with van der Waals surface area (Å²) in [5.74, 6) is 1.97. The SMILES string of the molecule is CCOc1cc(N)cnc1Nc1cccc(C)n1. The Labute approximate surface area is 106 Å². The van der Waals surface area contributed by atoms with Crippen LogP contribution in [0.3, 0.4) is 0 Å². The van der Waals surface area contributed by atoms with Crippen LogP contribution in [0.2, 0.25) is 0 Å². The van der Waals surface area contributed by atoms with E-state index < -0.39 is 0 Å². The number of rotatable bonds is 4. The van der Waals surface area contributed by atoms with E-state index in [0.29, 0.717) is 23.9 Å². The van der Waals surface area contributed by atoms with E-state index in [0.717, 1.165) is 11.5 Å². The second-order valence-corrected chi connectivity index (χ2v) is 3.84. The van der Waals surface area contributed by atoms with Gasteiger partial charge < -0.3 is 15.8 Å². The summed E-state index contributed by atoms with van der Waals surface area (Å²) in [6.45, 7) is 4.41. The van der Waals surface area contributed by atoms with Crippen LogP contribution in [0.4, 0.5) is 17.3 Å². The maximum atomic E-state index is 5.69. The predicted molar refractivity (Wildman–Crippen MR) is 72.1 cm³/mol. The van der Waals surface area contributed by atoms with E-state index in [9.17, 15) is 0 Å². The maximum absolute atomic E-state index is 5.69. The van der Waals surface area contributed by atoms with Gasteiger partial charge in [0.25, 0.3) is 0 Å². The number of ether oxygens (including phenoxy) is 1. The van der Waals surface area contributed by atoms with Crippen LogP contribution in [0.5, 0.6) is 5.75 Å². The minimum absolute atomic E-state index is 0.557. The topological polar surface area (TPSA) is 73.1 Å². The van der Waals surface area contributed by atoms with Crippen molar-refractivity contribution >= 4 is 17.3 Å². The molecule has 0 bridgehead atoms. The lowest BCUT2D eigenvalue weighted by Crippen LogP contribution is -2.02. The van der Waals surface area contributed by atoms with Gasteiger partial charge >= 0.3 is 0 Å². The largest absolute Gasteiger partial charge is 0.490 e. The van der Waals surface area contributed by atoms with Gasteiger partial charge in [-0.3, -0.25) is 0 Å². The van der Waals surface area contributed by atoms with Crippen molar-refractivity contribution in [3.63, 3.8) is 0 Å². The molecule has 0 saturated carbocycles. The first-order chi connectivity index (χ1) is 8.69. The fourth-order valence-electron chi connectivity index (χ4n) is 1.55. The van der Waals surface area contributed by atoms with Crippen molar-refractivity contribution in [3.8, 4) is 5.75 Å². The zero-order chi connectivity index (χ0) is 13.0. The zero-order valence-electron chi connectivity index (χ0n) is 10.5. The van der Waals surface area contributed by atoms with Gasteiger partial charge in [0.15, 0.2) is 11.6 Å². The van der Waals surface area contributed by atoms with Gasteiger partial charge in [0.05, 0.1) is 18.5 Å². The molecule has 0 spiro atoms. The molecule has 0 unspecified atom stereocenters. The third kappa shape index (κ3) is 2.88. The molecule has 0 radical (unpaired) electrons. The van der Waals surface area contributed by atoms with E-state index in [4.69, 9.17) is 10.5 Å². The predicted octanol–water partition coefficient (Wildman–Crippen LogP) is 2.51. The van der Waals surface area contributed by atoms with Crippen LogP contribution in [0, 0.1) is 6.92 Å². The Hall–Kier alpha value is -2.30.